The highest BCUT2D eigenvalue weighted by Crippen LogP contribution is 2.28. The van der Waals surface area contributed by atoms with Gasteiger partial charge in [0.25, 0.3) is 0 Å². The van der Waals surface area contributed by atoms with Crippen LogP contribution in [0, 0.1) is 0 Å². The average Bonchev–Trinajstić information content (AvgIpc) is 3.06. The number of aromatic nitrogens is 1. The van der Waals surface area contributed by atoms with E-state index in [0.29, 0.717) is 0 Å². The number of ether oxygens (including phenoxy) is 1. The summed E-state index contributed by atoms with van der Waals surface area (Å²) in [7, 11) is 1.71. The van der Waals surface area contributed by atoms with Crippen LogP contribution in [0.2, 0.25) is 0 Å². The number of nitrogens with one attached hydrogen (secondary N) is 1. The lowest BCUT2D eigenvalue weighted by atomic mass is 10.0. The van der Waals surface area contributed by atoms with E-state index in [1.807, 2.05) is 23.7 Å². The zero-order chi connectivity index (χ0) is 14.7. The second-order valence-corrected chi connectivity index (χ2v) is 5.87. The quantitative estimate of drug-likeness (QED) is 0.768. The third kappa shape index (κ3) is 2.91. The topological polar surface area (TPSA) is 34.1 Å². The van der Waals surface area contributed by atoms with Crippen molar-refractivity contribution in [2.75, 3.05) is 7.11 Å². The van der Waals surface area contributed by atoms with Crippen LogP contribution in [0.15, 0.2) is 48.0 Å². The summed E-state index contributed by atoms with van der Waals surface area (Å²) in [5, 5.41) is 9.05. The minimum absolute atomic E-state index is 0.255. The Morgan fingerprint density at radius 3 is 2.71 bits per heavy atom. The molecule has 0 aliphatic rings. The maximum Gasteiger partial charge on any atom is 0.126 e. The van der Waals surface area contributed by atoms with E-state index in [1.54, 1.807) is 18.4 Å². The van der Waals surface area contributed by atoms with Crippen molar-refractivity contribution in [2.45, 2.75) is 19.5 Å². The van der Waals surface area contributed by atoms with E-state index in [9.17, 15) is 0 Å². The van der Waals surface area contributed by atoms with Crippen LogP contribution >= 0.6 is 11.3 Å². The van der Waals surface area contributed by atoms with Gasteiger partial charge in [0.05, 0.1) is 13.2 Å². The fourth-order valence-corrected chi connectivity index (χ4v) is 3.13. The average molecular weight is 298 g/mol. The molecule has 0 amide bonds. The Bertz CT molecular complexity index is 725. The number of nitrogens with zero attached hydrogens (tertiary/aromatic N) is 1. The van der Waals surface area contributed by atoms with Crippen LogP contribution < -0.4 is 10.1 Å². The zero-order valence-electron chi connectivity index (χ0n) is 12.2. The number of thiazole rings is 1. The molecule has 0 fully saturated rings. The number of benzene rings is 2. The molecule has 1 unspecified atom stereocenters. The highest BCUT2D eigenvalue weighted by molar-refractivity contribution is 7.09. The first kappa shape index (κ1) is 14.0. The van der Waals surface area contributed by atoms with E-state index in [4.69, 9.17) is 4.74 Å². The van der Waals surface area contributed by atoms with Gasteiger partial charge in [-0.3, -0.25) is 0 Å². The second kappa shape index (κ2) is 6.24. The van der Waals surface area contributed by atoms with Crippen LogP contribution in [0.3, 0.4) is 0 Å². The van der Waals surface area contributed by atoms with E-state index in [0.717, 1.165) is 22.7 Å². The van der Waals surface area contributed by atoms with Crippen molar-refractivity contribution in [2.24, 2.45) is 0 Å². The van der Waals surface area contributed by atoms with Gasteiger partial charge in [0.15, 0.2) is 0 Å². The van der Waals surface area contributed by atoms with Gasteiger partial charge in [-0.25, -0.2) is 4.98 Å². The molecule has 4 heteroatoms. The highest BCUT2D eigenvalue weighted by Gasteiger charge is 2.10. The molecule has 0 bridgehead atoms. The van der Waals surface area contributed by atoms with Crippen molar-refractivity contribution in [1.29, 1.82) is 0 Å². The molecule has 1 aromatic heterocycles. The molecule has 3 nitrogen and oxygen atoms in total. The SMILES string of the molecule is COc1ccc(CNC(C)c2nccs2)c2ccccc12. The van der Waals surface area contributed by atoms with E-state index >= 15 is 0 Å². The third-order valence-corrected chi connectivity index (χ3v) is 4.57. The van der Waals surface area contributed by atoms with Crippen LogP contribution in [0.5, 0.6) is 5.75 Å². The van der Waals surface area contributed by atoms with Gasteiger partial charge in [0.2, 0.25) is 0 Å². The van der Waals surface area contributed by atoms with Crippen molar-refractivity contribution in [3.05, 3.63) is 58.5 Å². The Morgan fingerprint density at radius 2 is 2.00 bits per heavy atom. The molecule has 0 spiro atoms. The minimum atomic E-state index is 0.255. The van der Waals surface area contributed by atoms with Gasteiger partial charge in [0.1, 0.15) is 10.8 Å². The smallest absolute Gasteiger partial charge is 0.126 e. The molecule has 0 saturated heterocycles. The van der Waals surface area contributed by atoms with Crippen LogP contribution in [-0.4, -0.2) is 12.1 Å². The Kier molecular flexibility index (Phi) is 4.18. The predicted octanol–water partition coefficient (Wildman–Crippen LogP) is 4.16. The normalized spacial score (nSPS) is 12.5. The van der Waals surface area contributed by atoms with E-state index in [1.165, 1.54) is 10.9 Å². The molecule has 0 aliphatic heterocycles. The van der Waals surface area contributed by atoms with Crippen LogP contribution in [0.1, 0.15) is 23.5 Å². The fourth-order valence-electron chi connectivity index (χ4n) is 2.46. The van der Waals surface area contributed by atoms with E-state index < -0.39 is 0 Å². The molecule has 3 rings (SSSR count). The molecule has 108 valence electrons. The Morgan fingerprint density at radius 1 is 1.19 bits per heavy atom. The molecule has 1 heterocycles. The molecule has 0 aliphatic carbocycles. The van der Waals surface area contributed by atoms with Crippen LogP contribution in [0.25, 0.3) is 10.8 Å². The largest absolute Gasteiger partial charge is 0.496 e. The fraction of sp³-hybridized carbons (Fsp3) is 0.235. The van der Waals surface area contributed by atoms with Crippen LogP contribution in [0.4, 0.5) is 0 Å². The maximum absolute atomic E-state index is 5.44. The lowest BCUT2D eigenvalue weighted by molar-refractivity contribution is 0.419. The second-order valence-electron chi connectivity index (χ2n) is 4.95. The minimum Gasteiger partial charge on any atom is -0.496 e. The first-order valence-corrected chi connectivity index (χ1v) is 7.85. The van der Waals surface area contributed by atoms with Gasteiger partial charge in [-0.05, 0) is 23.9 Å². The van der Waals surface area contributed by atoms with Gasteiger partial charge in [-0.15, -0.1) is 11.3 Å². The van der Waals surface area contributed by atoms with Crippen LogP contribution in [-0.2, 0) is 6.54 Å². The summed E-state index contributed by atoms with van der Waals surface area (Å²) in [6.07, 6.45) is 1.85. The van der Waals surface area contributed by atoms with Crippen molar-refractivity contribution >= 4 is 22.1 Å². The van der Waals surface area contributed by atoms with Crippen molar-refractivity contribution < 1.29 is 4.74 Å². The predicted molar refractivity (Wildman–Crippen MR) is 87.9 cm³/mol. The molecule has 3 aromatic rings. The molecular weight excluding hydrogens is 280 g/mol. The lowest BCUT2D eigenvalue weighted by Gasteiger charge is -2.14. The molecule has 2 aromatic carbocycles. The molecular formula is C17H18N2OS. The molecule has 0 radical (unpaired) electrons. The Balaban J connectivity index is 1.84. The maximum atomic E-state index is 5.44. The number of hydrogen-bond acceptors (Lipinski definition) is 4. The van der Waals surface area contributed by atoms with Gasteiger partial charge in [-0.1, -0.05) is 30.3 Å². The molecule has 21 heavy (non-hydrogen) atoms. The first-order valence-electron chi connectivity index (χ1n) is 6.97. The molecule has 0 saturated carbocycles. The van der Waals surface area contributed by atoms with Crippen molar-refractivity contribution in [1.82, 2.24) is 10.3 Å². The summed E-state index contributed by atoms with van der Waals surface area (Å²) >= 11 is 1.68. The Labute approximate surface area is 128 Å². The van der Waals surface area contributed by atoms with E-state index in [2.05, 4.69) is 41.5 Å². The molecule has 1 atom stereocenters. The van der Waals surface area contributed by atoms with Gasteiger partial charge < -0.3 is 10.1 Å². The summed E-state index contributed by atoms with van der Waals surface area (Å²) in [4.78, 5) is 4.35. The number of methoxy groups -OCH3 is 1. The Hall–Kier alpha value is -1.91. The van der Waals surface area contributed by atoms with Gasteiger partial charge in [0, 0.05) is 23.5 Å². The van der Waals surface area contributed by atoms with Crippen molar-refractivity contribution in [3.8, 4) is 5.75 Å². The molecule has 1 N–H and O–H groups in total. The van der Waals surface area contributed by atoms with Crippen molar-refractivity contribution in [3.63, 3.8) is 0 Å². The van der Waals surface area contributed by atoms with Gasteiger partial charge in [-0.2, -0.15) is 0 Å². The van der Waals surface area contributed by atoms with E-state index in [-0.39, 0.29) is 6.04 Å². The number of rotatable bonds is 5. The number of fused-ring (bicyclic) bond motifs is 1. The lowest BCUT2D eigenvalue weighted by Crippen LogP contribution is -2.18. The number of hydrogen-bond donors (Lipinski definition) is 1. The summed E-state index contributed by atoms with van der Waals surface area (Å²) < 4.78 is 5.44. The summed E-state index contributed by atoms with van der Waals surface area (Å²) in [6, 6.07) is 12.8. The first-order chi connectivity index (χ1) is 10.3. The standard InChI is InChI=1S/C17H18N2OS/c1-12(17-18-9-10-21-17)19-11-13-7-8-16(20-2)15-6-4-3-5-14(13)15/h3-10,12,19H,11H2,1-2H3. The summed E-state index contributed by atoms with van der Waals surface area (Å²) in [5.74, 6) is 0.919. The monoisotopic (exact) mass is 298 g/mol. The van der Waals surface area contributed by atoms with Gasteiger partial charge >= 0.3 is 0 Å². The third-order valence-electron chi connectivity index (χ3n) is 3.61. The summed E-state index contributed by atoms with van der Waals surface area (Å²) in [5.41, 5.74) is 1.27. The zero-order valence-corrected chi connectivity index (χ0v) is 13.0. The summed E-state index contributed by atoms with van der Waals surface area (Å²) in [6.45, 7) is 2.95. The highest BCUT2D eigenvalue weighted by atomic mass is 32.1.